The van der Waals surface area contributed by atoms with Gasteiger partial charge in [-0.1, -0.05) is 41.7 Å². The van der Waals surface area contributed by atoms with E-state index in [0.29, 0.717) is 23.2 Å². The zero-order valence-electron chi connectivity index (χ0n) is 18.1. The molecule has 0 bridgehead atoms. The third-order valence-electron chi connectivity index (χ3n) is 5.58. The van der Waals surface area contributed by atoms with Gasteiger partial charge in [0.1, 0.15) is 6.10 Å². The molecule has 2 aromatic heterocycles. The SMILES string of the molecule is Cc1ccc(C)c2sc(N(Cc3cccnc3)C(=O)C3Oc4ccccc4OC3C)nc12. The second kappa shape index (κ2) is 8.24. The molecule has 1 amide bonds. The second-order valence-corrected chi connectivity index (χ2v) is 8.94. The van der Waals surface area contributed by atoms with Crippen molar-refractivity contribution >= 4 is 32.6 Å². The van der Waals surface area contributed by atoms with E-state index in [4.69, 9.17) is 14.5 Å². The molecule has 32 heavy (non-hydrogen) atoms. The number of aromatic nitrogens is 2. The summed E-state index contributed by atoms with van der Waals surface area (Å²) in [7, 11) is 0. The van der Waals surface area contributed by atoms with Crippen LogP contribution in [0.5, 0.6) is 11.5 Å². The van der Waals surface area contributed by atoms with E-state index in [1.54, 1.807) is 17.3 Å². The number of amides is 1. The van der Waals surface area contributed by atoms with Crippen molar-refractivity contribution in [2.75, 3.05) is 4.90 Å². The minimum absolute atomic E-state index is 0.190. The largest absolute Gasteiger partial charge is 0.482 e. The van der Waals surface area contributed by atoms with E-state index in [2.05, 4.69) is 24.0 Å². The summed E-state index contributed by atoms with van der Waals surface area (Å²) in [5.41, 5.74) is 4.07. The third-order valence-corrected chi connectivity index (χ3v) is 6.79. The lowest BCUT2D eigenvalue weighted by Gasteiger charge is -2.33. The van der Waals surface area contributed by atoms with E-state index in [-0.39, 0.29) is 5.91 Å². The van der Waals surface area contributed by atoms with Crippen LogP contribution in [-0.2, 0) is 11.3 Å². The molecule has 6 nitrogen and oxygen atoms in total. The highest BCUT2D eigenvalue weighted by atomic mass is 32.1. The summed E-state index contributed by atoms with van der Waals surface area (Å²) in [6.07, 6.45) is 2.26. The number of anilines is 1. The van der Waals surface area contributed by atoms with Crippen LogP contribution in [0, 0.1) is 13.8 Å². The Morgan fingerprint density at radius 1 is 1.03 bits per heavy atom. The first-order valence-corrected chi connectivity index (χ1v) is 11.3. The normalized spacial score (nSPS) is 17.3. The number of ether oxygens (including phenoxy) is 2. The Hall–Kier alpha value is -3.45. The molecule has 2 unspecified atom stereocenters. The van der Waals surface area contributed by atoms with Crippen LogP contribution >= 0.6 is 11.3 Å². The van der Waals surface area contributed by atoms with Gasteiger partial charge in [0.05, 0.1) is 16.8 Å². The average Bonchev–Trinajstić information content (AvgIpc) is 3.26. The molecule has 162 valence electrons. The summed E-state index contributed by atoms with van der Waals surface area (Å²) in [5, 5.41) is 0.640. The number of nitrogens with zero attached hydrogens (tertiary/aromatic N) is 3. The predicted octanol–water partition coefficient (Wildman–Crippen LogP) is 5.07. The summed E-state index contributed by atoms with van der Waals surface area (Å²) >= 11 is 1.52. The predicted molar refractivity (Wildman–Crippen MR) is 125 cm³/mol. The van der Waals surface area contributed by atoms with Crippen molar-refractivity contribution in [1.82, 2.24) is 9.97 Å². The van der Waals surface area contributed by atoms with Crippen molar-refractivity contribution in [2.24, 2.45) is 0 Å². The summed E-state index contributed by atoms with van der Waals surface area (Å²) < 4.78 is 13.2. The molecule has 0 spiro atoms. The molecule has 0 radical (unpaired) electrons. The molecule has 0 N–H and O–H groups in total. The molecule has 0 saturated heterocycles. The van der Waals surface area contributed by atoms with E-state index in [1.807, 2.05) is 50.2 Å². The second-order valence-electron chi connectivity index (χ2n) is 7.97. The maximum absolute atomic E-state index is 13.8. The highest BCUT2D eigenvalue weighted by Gasteiger charge is 2.38. The number of fused-ring (bicyclic) bond motifs is 2. The van der Waals surface area contributed by atoms with Gasteiger partial charge >= 0.3 is 0 Å². The van der Waals surface area contributed by atoms with Crippen molar-refractivity contribution in [3.63, 3.8) is 0 Å². The van der Waals surface area contributed by atoms with Crippen LogP contribution in [0.3, 0.4) is 0 Å². The van der Waals surface area contributed by atoms with Crippen LogP contribution < -0.4 is 14.4 Å². The van der Waals surface area contributed by atoms with Crippen LogP contribution in [0.1, 0.15) is 23.6 Å². The first-order chi connectivity index (χ1) is 15.5. The summed E-state index contributed by atoms with van der Waals surface area (Å²) in [4.78, 5) is 24.6. The standard InChI is InChI=1S/C25H23N3O3S/c1-15-10-11-16(2)23-21(15)27-25(32-23)28(14-18-7-6-12-26-13-18)24(29)22-17(3)30-19-8-4-5-9-20(19)31-22/h4-13,17,22H,14H2,1-3H3. The number of carbonyl (C=O) groups excluding carboxylic acids is 1. The van der Waals surface area contributed by atoms with E-state index < -0.39 is 12.2 Å². The number of para-hydroxylation sites is 2. The minimum Gasteiger partial charge on any atom is -0.482 e. The molecule has 7 heteroatoms. The Kier molecular flexibility index (Phi) is 5.27. The number of carbonyl (C=O) groups is 1. The maximum atomic E-state index is 13.8. The highest BCUT2D eigenvalue weighted by Crippen LogP contribution is 2.37. The number of thiazole rings is 1. The number of aryl methyl sites for hydroxylation is 2. The van der Waals surface area contributed by atoms with E-state index in [0.717, 1.165) is 26.9 Å². The van der Waals surface area contributed by atoms with Gasteiger partial charge in [-0.3, -0.25) is 14.7 Å². The number of hydrogen-bond donors (Lipinski definition) is 0. The van der Waals surface area contributed by atoms with Gasteiger partial charge in [-0.15, -0.1) is 0 Å². The van der Waals surface area contributed by atoms with Crippen LogP contribution in [0.15, 0.2) is 60.9 Å². The Morgan fingerprint density at radius 3 is 2.50 bits per heavy atom. The minimum atomic E-state index is -0.782. The number of benzene rings is 2. The molecule has 2 aromatic carbocycles. The summed E-state index contributed by atoms with van der Waals surface area (Å²) in [5.74, 6) is 1.03. The van der Waals surface area contributed by atoms with Gasteiger partial charge in [0.2, 0.25) is 6.10 Å². The first-order valence-electron chi connectivity index (χ1n) is 10.5. The fourth-order valence-electron chi connectivity index (χ4n) is 3.82. The molecule has 0 aliphatic carbocycles. The smallest absolute Gasteiger partial charge is 0.274 e. The summed E-state index contributed by atoms with van der Waals surface area (Å²) in [6, 6.07) is 15.4. The van der Waals surface area contributed by atoms with E-state index in [9.17, 15) is 4.79 Å². The molecule has 0 saturated carbocycles. The van der Waals surface area contributed by atoms with Crippen LogP contribution in [0.2, 0.25) is 0 Å². The quantitative estimate of drug-likeness (QED) is 0.439. The van der Waals surface area contributed by atoms with Crippen molar-refractivity contribution in [3.05, 3.63) is 77.6 Å². The average molecular weight is 446 g/mol. The van der Waals surface area contributed by atoms with Gasteiger partial charge in [-0.25, -0.2) is 4.98 Å². The molecule has 4 aromatic rings. The lowest BCUT2D eigenvalue weighted by atomic mass is 10.1. The maximum Gasteiger partial charge on any atom is 0.274 e. The van der Waals surface area contributed by atoms with Crippen LogP contribution in [0.4, 0.5) is 5.13 Å². The third kappa shape index (κ3) is 3.69. The van der Waals surface area contributed by atoms with Crippen LogP contribution in [-0.4, -0.2) is 28.1 Å². The Morgan fingerprint density at radius 2 is 1.78 bits per heavy atom. The highest BCUT2D eigenvalue weighted by molar-refractivity contribution is 7.22. The van der Waals surface area contributed by atoms with Gasteiger partial charge in [-0.05, 0) is 55.7 Å². The number of hydrogen-bond acceptors (Lipinski definition) is 6. The van der Waals surface area contributed by atoms with Crippen molar-refractivity contribution in [2.45, 2.75) is 39.5 Å². The fourth-order valence-corrected chi connectivity index (χ4v) is 4.94. The molecule has 3 heterocycles. The molecule has 1 aliphatic heterocycles. The first kappa shape index (κ1) is 20.5. The molecular formula is C25H23N3O3S. The molecule has 1 aliphatic rings. The molecule has 5 rings (SSSR count). The topological polar surface area (TPSA) is 64.6 Å². The van der Waals surface area contributed by atoms with Crippen molar-refractivity contribution in [3.8, 4) is 11.5 Å². The zero-order valence-corrected chi connectivity index (χ0v) is 18.9. The molecule has 0 fully saturated rings. The fraction of sp³-hybridized carbons (Fsp3) is 0.240. The zero-order chi connectivity index (χ0) is 22.2. The monoisotopic (exact) mass is 445 g/mol. The lowest BCUT2D eigenvalue weighted by molar-refractivity contribution is -0.130. The van der Waals surface area contributed by atoms with Gasteiger partial charge in [0.25, 0.3) is 5.91 Å². The van der Waals surface area contributed by atoms with E-state index in [1.165, 1.54) is 11.3 Å². The van der Waals surface area contributed by atoms with Crippen LogP contribution in [0.25, 0.3) is 10.2 Å². The van der Waals surface area contributed by atoms with Crippen molar-refractivity contribution < 1.29 is 14.3 Å². The van der Waals surface area contributed by atoms with Gasteiger partial charge in [0, 0.05) is 12.4 Å². The number of rotatable bonds is 4. The van der Waals surface area contributed by atoms with Gasteiger partial charge in [-0.2, -0.15) is 0 Å². The summed E-state index contributed by atoms with van der Waals surface area (Å²) in [6.45, 7) is 6.30. The lowest BCUT2D eigenvalue weighted by Crippen LogP contribution is -2.50. The Labute approximate surface area is 190 Å². The number of pyridine rings is 1. The van der Waals surface area contributed by atoms with Crippen molar-refractivity contribution in [1.29, 1.82) is 0 Å². The van der Waals surface area contributed by atoms with Gasteiger partial charge in [0.15, 0.2) is 16.6 Å². The Bertz CT molecular complexity index is 1250. The molecule has 2 atom stereocenters. The van der Waals surface area contributed by atoms with E-state index >= 15 is 0 Å². The molecular weight excluding hydrogens is 422 g/mol. The Balaban J connectivity index is 1.55. The van der Waals surface area contributed by atoms with Gasteiger partial charge < -0.3 is 9.47 Å².